The molecule has 0 aliphatic rings. The van der Waals surface area contributed by atoms with E-state index in [4.69, 9.17) is 14.9 Å². The zero-order valence-electron chi connectivity index (χ0n) is 7.59. The van der Waals surface area contributed by atoms with Gasteiger partial charge in [-0.2, -0.15) is 5.10 Å². The smallest absolute Gasteiger partial charge is 0.354 e. The zero-order chi connectivity index (χ0) is 10.4. The van der Waals surface area contributed by atoms with Crippen molar-refractivity contribution in [2.45, 2.75) is 6.54 Å². The Labute approximate surface area is 80.7 Å². The van der Waals surface area contributed by atoms with Crippen molar-refractivity contribution in [3.8, 4) is 0 Å². The summed E-state index contributed by atoms with van der Waals surface area (Å²) in [6.07, 6.45) is 1.43. The highest BCUT2D eigenvalue weighted by Gasteiger charge is 2.08. The number of hydrogen-bond donors (Lipinski definition) is 2. The third kappa shape index (κ3) is 2.82. The van der Waals surface area contributed by atoms with Gasteiger partial charge in [-0.3, -0.25) is 4.68 Å². The molecule has 1 rings (SSSR count). The van der Waals surface area contributed by atoms with Crippen molar-refractivity contribution in [1.82, 2.24) is 9.78 Å². The van der Waals surface area contributed by atoms with Gasteiger partial charge in [-0.25, -0.2) is 4.79 Å². The molecule has 1 heterocycles. The van der Waals surface area contributed by atoms with Crippen LogP contribution in [0.3, 0.4) is 0 Å². The van der Waals surface area contributed by atoms with E-state index in [1.807, 2.05) is 0 Å². The minimum atomic E-state index is -1.01. The second-order valence-corrected chi connectivity index (χ2v) is 2.58. The second kappa shape index (κ2) is 5.36. The minimum Gasteiger partial charge on any atom is -0.477 e. The van der Waals surface area contributed by atoms with Crippen LogP contribution >= 0.6 is 0 Å². The molecular weight excluding hydrogens is 188 g/mol. The molecule has 0 amide bonds. The van der Waals surface area contributed by atoms with E-state index in [-0.39, 0.29) is 18.9 Å². The summed E-state index contributed by atoms with van der Waals surface area (Å²) in [7, 11) is 0. The fourth-order valence-electron chi connectivity index (χ4n) is 1.01. The van der Waals surface area contributed by atoms with Crippen molar-refractivity contribution < 1.29 is 19.7 Å². The third-order valence-electron chi connectivity index (χ3n) is 1.62. The minimum absolute atomic E-state index is 0.0368. The molecule has 0 unspecified atom stereocenters. The summed E-state index contributed by atoms with van der Waals surface area (Å²) >= 11 is 0. The van der Waals surface area contributed by atoms with E-state index < -0.39 is 5.97 Å². The maximum absolute atomic E-state index is 10.6. The fraction of sp³-hybridized carbons (Fsp3) is 0.500. The van der Waals surface area contributed by atoms with E-state index in [0.717, 1.165) is 0 Å². The molecule has 0 aromatic carbocycles. The van der Waals surface area contributed by atoms with Crippen LogP contribution < -0.4 is 0 Å². The topological polar surface area (TPSA) is 84.6 Å². The molecule has 6 nitrogen and oxygen atoms in total. The van der Waals surface area contributed by atoms with Crippen LogP contribution in [0, 0.1) is 0 Å². The van der Waals surface area contributed by atoms with E-state index in [1.165, 1.54) is 16.9 Å². The molecule has 0 bridgehead atoms. The number of aromatic nitrogens is 2. The van der Waals surface area contributed by atoms with Gasteiger partial charge in [0.2, 0.25) is 0 Å². The van der Waals surface area contributed by atoms with Gasteiger partial charge in [0.05, 0.1) is 26.4 Å². The van der Waals surface area contributed by atoms with Crippen LogP contribution in [0.4, 0.5) is 0 Å². The Morgan fingerprint density at radius 2 is 2.36 bits per heavy atom. The first-order chi connectivity index (χ1) is 6.75. The van der Waals surface area contributed by atoms with Crippen LogP contribution in [-0.2, 0) is 11.3 Å². The molecule has 0 fully saturated rings. The van der Waals surface area contributed by atoms with Crippen LogP contribution in [0.15, 0.2) is 12.3 Å². The Bertz CT molecular complexity index is 297. The number of hydrogen-bond acceptors (Lipinski definition) is 4. The summed E-state index contributed by atoms with van der Waals surface area (Å²) < 4.78 is 6.33. The maximum Gasteiger partial charge on any atom is 0.354 e. The summed E-state index contributed by atoms with van der Waals surface area (Å²) in [5.41, 5.74) is 0.137. The first-order valence-corrected chi connectivity index (χ1v) is 4.19. The molecule has 78 valence electrons. The molecule has 0 atom stereocenters. The molecule has 0 aliphatic heterocycles. The van der Waals surface area contributed by atoms with Gasteiger partial charge in [0, 0.05) is 6.20 Å². The lowest BCUT2D eigenvalue weighted by Crippen LogP contribution is -2.14. The van der Waals surface area contributed by atoms with Crippen LogP contribution in [-0.4, -0.2) is 45.8 Å². The van der Waals surface area contributed by atoms with E-state index >= 15 is 0 Å². The molecule has 0 spiro atoms. The Morgan fingerprint density at radius 1 is 1.57 bits per heavy atom. The summed E-state index contributed by atoms with van der Waals surface area (Å²) in [6, 6.07) is 1.42. The van der Waals surface area contributed by atoms with Crippen LogP contribution in [0.1, 0.15) is 10.5 Å². The van der Waals surface area contributed by atoms with Crippen molar-refractivity contribution in [1.29, 1.82) is 0 Å². The largest absolute Gasteiger partial charge is 0.477 e. The van der Waals surface area contributed by atoms with E-state index in [1.54, 1.807) is 0 Å². The van der Waals surface area contributed by atoms with Crippen molar-refractivity contribution in [2.24, 2.45) is 0 Å². The molecule has 0 saturated heterocycles. The predicted molar refractivity (Wildman–Crippen MR) is 47.1 cm³/mol. The Kier molecular flexibility index (Phi) is 4.09. The van der Waals surface area contributed by atoms with Gasteiger partial charge in [0.25, 0.3) is 0 Å². The highest BCUT2D eigenvalue weighted by molar-refractivity contribution is 5.85. The van der Waals surface area contributed by atoms with Crippen molar-refractivity contribution >= 4 is 5.97 Å². The lowest BCUT2D eigenvalue weighted by molar-refractivity contribution is 0.0666. The number of ether oxygens (including phenoxy) is 1. The molecule has 2 N–H and O–H groups in total. The van der Waals surface area contributed by atoms with Crippen LogP contribution in [0.2, 0.25) is 0 Å². The molecule has 14 heavy (non-hydrogen) atoms. The van der Waals surface area contributed by atoms with Crippen LogP contribution in [0.5, 0.6) is 0 Å². The van der Waals surface area contributed by atoms with E-state index in [9.17, 15) is 4.79 Å². The first-order valence-electron chi connectivity index (χ1n) is 4.19. The first kappa shape index (κ1) is 10.7. The molecule has 0 aliphatic carbocycles. The van der Waals surface area contributed by atoms with Gasteiger partial charge in [0.1, 0.15) is 5.69 Å². The number of carboxylic acids is 1. The summed E-state index contributed by atoms with van der Waals surface area (Å²) in [6.45, 7) is 0.922. The number of aliphatic hydroxyl groups excluding tert-OH is 1. The van der Waals surface area contributed by atoms with Crippen molar-refractivity contribution in [2.75, 3.05) is 19.8 Å². The SMILES string of the molecule is O=C(O)c1ccnn1CCOCCO. The van der Waals surface area contributed by atoms with Gasteiger partial charge < -0.3 is 14.9 Å². The Hall–Kier alpha value is -1.40. The second-order valence-electron chi connectivity index (χ2n) is 2.58. The summed E-state index contributed by atoms with van der Waals surface area (Å²) in [5, 5.41) is 21.0. The number of aliphatic hydroxyl groups is 1. The number of carboxylic acid groups (broad SMARTS) is 1. The summed E-state index contributed by atoms with van der Waals surface area (Å²) in [5.74, 6) is -1.01. The van der Waals surface area contributed by atoms with Gasteiger partial charge in [-0.15, -0.1) is 0 Å². The number of rotatable bonds is 6. The fourth-order valence-corrected chi connectivity index (χ4v) is 1.01. The quantitative estimate of drug-likeness (QED) is 0.610. The standard InChI is InChI=1S/C8H12N2O4/c11-4-6-14-5-3-10-7(8(12)13)1-2-9-10/h1-2,11H,3-6H2,(H,12,13). The highest BCUT2D eigenvalue weighted by Crippen LogP contribution is 1.98. The van der Waals surface area contributed by atoms with E-state index in [0.29, 0.717) is 13.2 Å². The third-order valence-corrected chi connectivity index (χ3v) is 1.62. The lowest BCUT2D eigenvalue weighted by atomic mass is 10.4. The lowest BCUT2D eigenvalue weighted by Gasteiger charge is -2.04. The number of nitrogens with zero attached hydrogens (tertiary/aromatic N) is 2. The van der Waals surface area contributed by atoms with Crippen molar-refractivity contribution in [3.05, 3.63) is 18.0 Å². The summed E-state index contributed by atoms with van der Waals surface area (Å²) in [4.78, 5) is 10.6. The maximum atomic E-state index is 10.6. The number of aromatic carboxylic acids is 1. The van der Waals surface area contributed by atoms with Crippen LogP contribution in [0.25, 0.3) is 0 Å². The van der Waals surface area contributed by atoms with Gasteiger partial charge in [-0.1, -0.05) is 0 Å². The van der Waals surface area contributed by atoms with Crippen molar-refractivity contribution in [3.63, 3.8) is 0 Å². The van der Waals surface area contributed by atoms with Gasteiger partial charge >= 0.3 is 5.97 Å². The predicted octanol–water partition coefficient (Wildman–Crippen LogP) is -0.410. The number of carbonyl (C=O) groups is 1. The molecule has 1 aromatic heterocycles. The monoisotopic (exact) mass is 200 g/mol. The Balaban J connectivity index is 2.42. The normalized spacial score (nSPS) is 10.4. The molecule has 0 saturated carbocycles. The molecule has 0 radical (unpaired) electrons. The molecular formula is C8H12N2O4. The van der Waals surface area contributed by atoms with E-state index in [2.05, 4.69) is 5.10 Å². The van der Waals surface area contributed by atoms with Gasteiger partial charge in [-0.05, 0) is 6.07 Å². The average Bonchev–Trinajstić information content (AvgIpc) is 2.60. The van der Waals surface area contributed by atoms with Gasteiger partial charge in [0.15, 0.2) is 0 Å². The molecule has 1 aromatic rings. The highest BCUT2D eigenvalue weighted by atomic mass is 16.5. The Morgan fingerprint density at radius 3 is 3.00 bits per heavy atom. The zero-order valence-corrected chi connectivity index (χ0v) is 7.59. The molecule has 6 heteroatoms. The average molecular weight is 200 g/mol.